The number of aromatic hydroxyl groups is 1. The molecule has 0 saturated carbocycles. The number of allylic oxidation sites excluding steroid dienone is 2. The van der Waals surface area contributed by atoms with Crippen LogP contribution in [0.1, 0.15) is 57.9 Å². The minimum absolute atomic E-state index is 0.220. The number of hydrogen-bond donors (Lipinski definition) is 2. The van der Waals surface area contributed by atoms with Crippen molar-refractivity contribution in [2.75, 3.05) is 7.11 Å². The summed E-state index contributed by atoms with van der Waals surface area (Å²) in [4.78, 5) is 39.2. The molecule has 2 fully saturated rings. The van der Waals surface area contributed by atoms with Crippen molar-refractivity contribution in [3.05, 3.63) is 46.5 Å². The maximum absolute atomic E-state index is 13.3. The average molecular weight is 495 g/mol. The van der Waals surface area contributed by atoms with Crippen molar-refractivity contribution in [2.45, 2.75) is 64.8 Å². The first-order valence-corrected chi connectivity index (χ1v) is 12.8. The van der Waals surface area contributed by atoms with Gasteiger partial charge >= 0.3 is 13.2 Å². The molecule has 0 radical (unpaired) electrons. The van der Waals surface area contributed by atoms with E-state index in [4.69, 9.17) is 9.39 Å². The van der Waals surface area contributed by atoms with Gasteiger partial charge in [-0.2, -0.15) is 4.90 Å². The van der Waals surface area contributed by atoms with Crippen molar-refractivity contribution < 1.29 is 33.9 Å². The standard InChI is InChI=1S/C27H34BNO7/c1-4-6-18-14-20-24(26(32)29(25(20)31)27(33)35-3)21-15-28(34)36-22(23(18)21)12-9-16(5-2)13-17-7-10-19(30)11-8-17/h7-8,10-11,13,20-22,24,30,34H,4-6,9,12,14-15H2,1-3H3/b16-13+/t20-,21+,22-,24-/m1/s1. The van der Waals surface area contributed by atoms with Crippen LogP contribution in [0.3, 0.4) is 0 Å². The molecule has 2 saturated heterocycles. The Balaban J connectivity index is 1.62. The fraction of sp³-hybridized carbons (Fsp3) is 0.519. The Kier molecular flexibility index (Phi) is 8.00. The molecule has 2 N–H and O–H groups in total. The number of phenolic OH excluding ortho intramolecular Hbond substituents is 1. The minimum Gasteiger partial charge on any atom is -0.508 e. The SMILES string of the molecule is CCCC1=C2[C@@H](CC/C(=C/c3ccc(O)cc3)CC)OB(O)C[C@@H]2[C@@H]2C(=O)N(C(=O)OC)C(=O)[C@@H]2C1. The van der Waals surface area contributed by atoms with Crippen molar-refractivity contribution >= 4 is 31.1 Å². The quantitative estimate of drug-likeness (QED) is 0.329. The van der Waals surface area contributed by atoms with E-state index in [0.29, 0.717) is 17.7 Å². The van der Waals surface area contributed by atoms with Crippen molar-refractivity contribution in [1.29, 1.82) is 0 Å². The third-order valence-corrected chi connectivity index (χ3v) is 7.66. The molecule has 0 spiro atoms. The number of fused-ring (bicyclic) bond motifs is 3. The molecule has 0 bridgehead atoms. The van der Waals surface area contributed by atoms with Crippen LogP contribution in [0.4, 0.5) is 4.79 Å². The van der Waals surface area contributed by atoms with E-state index < -0.39 is 36.9 Å². The van der Waals surface area contributed by atoms with Gasteiger partial charge in [-0.25, -0.2) is 4.79 Å². The maximum atomic E-state index is 13.3. The number of ether oxygens (including phenoxy) is 1. The Bertz CT molecular complexity index is 1080. The van der Waals surface area contributed by atoms with Crippen LogP contribution in [0.25, 0.3) is 6.08 Å². The summed E-state index contributed by atoms with van der Waals surface area (Å²) in [5.41, 5.74) is 4.33. The number of hydrogen-bond acceptors (Lipinski definition) is 7. The highest BCUT2D eigenvalue weighted by Crippen LogP contribution is 2.51. The zero-order valence-electron chi connectivity index (χ0n) is 21.1. The number of phenols is 1. The second kappa shape index (κ2) is 11.0. The van der Waals surface area contributed by atoms with Crippen LogP contribution >= 0.6 is 0 Å². The van der Waals surface area contributed by atoms with Gasteiger partial charge in [0.15, 0.2) is 0 Å². The summed E-state index contributed by atoms with van der Waals surface area (Å²) >= 11 is 0. The van der Waals surface area contributed by atoms with Crippen LogP contribution in [0.5, 0.6) is 5.75 Å². The van der Waals surface area contributed by atoms with Gasteiger partial charge in [-0.3, -0.25) is 9.59 Å². The summed E-state index contributed by atoms with van der Waals surface area (Å²) in [6, 6.07) is 7.03. The first-order chi connectivity index (χ1) is 17.3. The highest BCUT2D eigenvalue weighted by atomic mass is 16.5. The molecule has 36 heavy (non-hydrogen) atoms. The maximum Gasteiger partial charge on any atom is 0.455 e. The van der Waals surface area contributed by atoms with E-state index in [1.54, 1.807) is 12.1 Å². The molecule has 0 aromatic heterocycles. The van der Waals surface area contributed by atoms with Crippen LogP contribution in [-0.2, 0) is 19.0 Å². The molecule has 1 aliphatic carbocycles. The summed E-state index contributed by atoms with van der Waals surface area (Å²) in [6.45, 7) is 4.16. The monoisotopic (exact) mass is 495 g/mol. The number of amides is 3. The minimum atomic E-state index is -1.05. The molecule has 192 valence electrons. The summed E-state index contributed by atoms with van der Waals surface area (Å²) < 4.78 is 10.7. The van der Waals surface area contributed by atoms with E-state index in [9.17, 15) is 24.5 Å². The lowest BCUT2D eigenvalue weighted by atomic mass is 9.58. The molecule has 4 atom stereocenters. The number of carbonyl (C=O) groups excluding carboxylic acids is 3. The largest absolute Gasteiger partial charge is 0.508 e. The van der Waals surface area contributed by atoms with E-state index in [0.717, 1.165) is 49.5 Å². The van der Waals surface area contributed by atoms with E-state index in [2.05, 4.69) is 19.9 Å². The van der Waals surface area contributed by atoms with Crippen LogP contribution in [0.15, 0.2) is 41.0 Å². The molecular formula is C27H34BNO7. The first kappa shape index (κ1) is 26.2. The number of carbonyl (C=O) groups is 3. The summed E-state index contributed by atoms with van der Waals surface area (Å²) in [6.07, 6.45) is 5.28. The van der Waals surface area contributed by atoms with Crippen molar-refractivity contribution in [3.8, 4) is 5.75 Å². The molecule has 3 amide bonds. The summed E-state index contributed by atoms with van der Waals surface area (Å²) in [7, 11) is 0.106. The Hall–Kier alpha value is -2.91. The molecule has 0 unspecified atom stereocenters. The summed E-state index contributed by atoms with van der Waals surface area (Å²) in [5, 5.41) is 20.2. The molecule has 1 aromatic rings. The van der Waals surface area contributed by atoms with Gasteiger partial charge in [0, 0.05) is 0 Å². The van der Waals surface area contributed by atoms with Crippen molar-refractivity contribution in [3.63, 3.8) is 0 Å². The number of methoxy groups -OCH3 is 1. The molecule has 8 nitrogen and oxygen atoms in total. The zero-order valence-corrected chi connectivity index (χ0v) is 21.1. The number of benzene rings is 1. The number of nitrogens with zero attached hydrogens (tertiary/aromatic N) is 1. The lowest BCUT2D eigenvalue weighted by Crippen LogP contribution is -2.46. The lowest BCUT2D eigenvalue weighted by Gasteiger charge is -2.43. The van der Waals surface area contributed by atoms with Gasteiger partial charge in [0.2, 0.25) is 11.8 Å². The average Bonchev–Trinajstić information content (AvgIpc) is 3.11. The number of likely N-dealkylation sites (tertiary alicyclic amines) is 1. The van der Waals surface area contributed by atoms with Gasteiger partial charge in [-0.1, -0.05) is 49.6 Å². The van der Waals surface area contributed by atoms with Gasteiger partial charge in [-0.15, -0.1) is 0 Å². The van der Waals surface area contributed by atoms with E-state index >= 15 is 0 Å². The normalized spacial score (nSPS) is 26.3. The molecular weight excluding hydrogens is 461 g/mol. The highest BCUT2D eigenvalue weighted by molar-refractivity contribution is 6.43. The van der Waals surface area contributed by atoms with Crippen molar-refractivity contribution in [1.82, 2.24) is 4.90 Å². The number of imide groups is 3. The van der Waals surface area contributed by atoms with E-state index in [-0.39, 0.29) is 24.1 Å². The Morgan fingerprint density at radius 2 is 1.92 bits per heavy atom. The van der Waals surface area contributed by atoms with Crippen LogP contribution in [0, 0.1) is 17.8 Å². The highest BCUT2D eigenvalue weighted by Gasteiger charge is 2.59. The van der Waals surface area contributed by atoms with E-state index in [1.165, 1.54) is 5.57 Å². The third kappa shape index (κ3) is 4.99. The second-order valence-electron chi connectivity index (χ2n) is 9.84. The molecule has 4 rings (SSSR count). The van der Waals surface area contributed by atoms with Gasteiger partial charge in [0.1, 0.15) is 5.75 Å². The number of rotatable bonds is 7. The van der Waals surface area contributed by atoms with Gasteiger partial charge in [0.05, 0.1) is 25.0 Å². The smallest absolute Gasteiger partial charge is 0.455 e. The molecule has 2 heterocycles. The Morgan fingerprint density at radius 1 is 1.19 bits per heavy atom. The topological polar surface area (TPSA) is 113 Å². The van der Waals surface area contributed by atoms with Crippen molar-refractivity contribution in [2.24, 2.45) is 17.8 Å². The Labute approximate surface area is 212 Å². The summed E-state index contributed by atoms with van der Waals surface area (Å²) in [5.74, 6) is -2.48. The van der Waals surface area contributed by atoms with Crippen LogP contribution in [-0.4, -0.2) is 53.3 Å². The van der Waals surface area contributed by atoms with Crippen LogP contribution < -0.4 is 0 Å². The molecule has 3 aliphatic rings. The third-order valence-electron chi connectivity index (χ3n) is 7.66. The lowest BCUT2D eigenvalue weighted by molar-refractivity contribution is -0.137. The molecule has 9 heteroatoms. The van der Waals surface area contributed by atoms with Crippen LogP contribution in [0.2, 0.25) is 6.32 Å². The van der Waals surface area contributed by atoms with E-state index in [1.807, 2.05) is 12.1 Å². The van der Waals surface area contributed by atoms with Gasteiger partial charge in [0.25, 0.3) is 0 Å². The predicted molar refractivity (Wildman–Crippen MR) is 135 cm³/mol. The van der Waals surface area contributed by atoms with Gasteiger partial charge < -0.3 is 19.5 Å². The van der Waals surface area contributed by atoms with Gasteiger partial charge in [-0.05, 0) is 67.6 Å². The first-order valence-electron chi connectivity index (χ1n) is 12.8. The Morgan fingerprint density at radius 3 is 2.56 bits per heavy atom. The molecule has 1 aromatic carbocycles. The zero-order chi connectivity index (χ0) is 26.0. The molecule has 2 aliphatic heterocycles. The second-order valence-corrected chi connectivity index (χ2v) is 9.84. The predicted octanol–water partition coefficient (Wildman–Crippen LogP) is 4.33. The fourth-order valence-corrected chi connectivity index (χ4v) is 6.05. The fourth-order valence-electron chi connectivity index (χ4n) is 6.05.